The van der Waals surface area contributed by atoms with Gasteiger partial charge in [0.1, 0.15) is 0 Å². The van der Waals surface area contributed by atoms with Gasteiger partial charge in [-0.1, -0.05) is 44.2 Å². The van der Waals surface area contributed by atoms with Crippen LogP contribution in [-0.4, -0.2) is 19.6 Å². The first-order valence-corrected chi connectivity index (χ1v) is 8.86. The van der Waals surface area contributed by atoms with Crippen molar-refractivity contribution in [1.82, 2.24) is 5.32 Å². The normalized spacial score (nSPS) is 10.9. The minimum absolute atomic E-state index is 0.0348. The van der Waals surface area contributed by atoms with Gasteiger partial charge in [0.2, 0.25) is 5.91 Å². The van der Waals surface area contributed by atoms with Gasteiger partial charge in [-0.05, 0) is 41.2 Å². The van der Waals surface area contributed by atoms with E-state index in [1.165, 1.54) is 18.7 Å². The minimum Gasteiger partial charge on any atom is -0.493 e. The van der Waals surface area contributed by atoms with Crippen LogP contribution in [0.1, 0.15) is 42.9 Å². The van der Waals surface area contributed by atoms with Crippen LogP contribution < -0.4 is 14.8 Å². The fraction of sp³-hybridized carbons (Fsp3) is 0.381. The van der Waals surface area contributed by atoms with Crippen molar-refractivity contribution in [1.29, 1.82) is 0 Å². The zero-order valence-corrected chi connectivity index (χ0v) is 15.8. The van der Waals surface area contributed by atoms with Crippen molar-refractivity contribution in [3.05, 3.63) is 59.2 Å². The molecule has 0 unspecified atom stereocenters. The summed E-state index contributed by atoms with van der Waals surface area (Å²) in [5.41, 5.74) is 3.13. The molecular formula is C21H25F2NO3. The van der Waals surface area contributed by atoms with E-state index < -0.39 is 6.61 Å². The van der Waals surface area contributed by atoms with Crippen LogP contribution >= 0.6 is 0 Å². The summed E-state index contributed by atoms with van der Waals surface area (Å²) in [5, 5.41) is 2.83. The van der Waals surface area contributed by atoms with Crippen molar-refractivity contribution in [3.63, 3.8) is 0 Å². The van der Waals surface area contributed by atoms with E-state index in [2.05, 4.69) is 48.2 Å². The highest BCUT2D eigenvalue weighted by atomic mass is 19.3. The largest absolute Gasteiger partial charge is 0.493 e. The Balaban J connectivity index is 1.84. The van der Waals surface area contributed by atoms with Crippen LogP contribution in [0.4, 0.5) is 8.78 Å². The Morgan fingerprint density at radius 1 is 1.04 bits per heavy atom. The van der Waals surface area contributed by atoms with Gasteiger partial charge in [0, 0.05) is 13.0 Å². The molecule has 0 saturated heterocycles. The summed E-state index contributed by atoms with van der Waals surface area (Å²) in [6.07, 6.45) is 1.04. The predicted octanol–water partition coefficient (Wildman–Crippen LogP) is 4.67. The lowest BCUT2D eigenvalue weighted by Gasteiger charge is -2.12. The molecule has 27 heavy (non-hydrogen) atoms. The molecule has 6 heteroatoms. The Hall–Kier alpha value is -2.63. The minimum atomic E-state index is -2.92. The quantitative estimate of drug-likeness (QED) is 0.691. The number of rotatable bonds is 9. The number of carbonyl (C=O) groups is 1. The zero-order valence-electron chi connectivity index (χ0n) is 15.8. The van der Waals surface area contributed by atoms with E-state index >= 15 is 0 Å². The van der Waals surface area contributed by atoms with Crippen molar-refractivity contribution in [2.24, 2.45) is 0 Å². The van der Waals surface area contributed by atoms with Crippen LogP contribution in [-0.2, 0) is 17.8 Å². The molecule has 0 radical (unpaired) electrons. The number of alkyl halides is 2. The van der Waals surface area contributed by atoms with Crippen LogP contribution in [0.5, 0.6) is 11.5 Å². The summed E-state index contributed by atoms with van der Waals surface area (Å²) >= 11 is 0. The van der Waals surface area contributed by atoms with Gasteiger partial charge in [-0.15, -0.1) is 0 Å². The molecule has 0 atom stereocenters. The average Bonchev–Trinajstić information content (AvgIpc) is 2.65. The lowest BCUT2D eigenvalue weighted by atomic mass is 10.0. The van der Waals surface area contributed by atoms with Gasteiger partial charge >= 0.3 is 6.61 Å². The molecule has 4 nitrogen and oxygen atoms in total. The molecule has 0 aliphatic heterocycles. The lowest BCUT2D eigenvalue weighted by Crippen LogP contribution is -2.23. The second-order valence-electron chi connectivity index (χ2n) is 6.54. The van der Waals surface area contributed by atoms with Gasteiger partial charge in [-0.2, -0.15) is 8.78 Å². The molecule has 1 amide bonds. The Morgan fingerprint density at radius 3 is 2.30 bits per heavy atom. The van der Waals surface area contributed by atoms with E-state index in [0.717, 1.165) is 11.1 Å². The van der Waals surface area contributed by atoms with E-state index in [9.17, 15) is 13.6 Å². The maximum absolute atomic E-state index is 12.3. The van der Waals surface area contributed by atoms with Gasteiger partial charge in [0.15, 0.2) is 11.5 Å². The first-order chi connectivity index (χ1) is 12.9. The monoisotopic (exact) mass is 377 g/mol. The molecule has 0 saturated carbocycles. The summed E-state index contributed by atoms with van der Waals surface area (Å²) in [4.78, 5) is 12.1. The Labute approximate surface area is 158 Å². The number of halogens is 2. The van der Waals surface area contributed by atoms with Crippen molar-refractivity contribution in [2.75, 3.05) is 7.11 Å². The number of aryl methyl sites for hydroxylation is 1. The van der Waals surface area contributed by atoms with E-state index in [4.69, 9.17) is 4.74 Å². The Bertz CT molecular complexity index is 746. The molecule has 0 aromatic heterocycles. The number of ether oxygens (including phenoxy) is 2. The van der Waals surface area contributed by atoms with E-state index in [1.807, 2.05) is 0 Å². The molecule has 1 N–H and O–H groups in total. The molecule has 0 spiro atoms. The summed E-state index contributed by atoms with van der Waals surface area (Å²) < 4.78 is 34.1. The van der Waals surface area contributed by atoms with Gasteiger partial charge in [-0.25, -0.2) is 0 Å². The van der Waals surface area contributed by atoms with E-state index in [0.29, 0.717) is 18.8 Å². The molecule has 0 bridgehead atoms. The number of benzene rings is 2. The molecule has 2 aromatic rings. The molecule has 2 aromatic carbocycles. The number of amides is 1. The van der Waals surface area contributed by atoms with Crippen molar-refractivity contribution in [3.8, 4) is 11.5 Å². The molecule has 0 aliphatic rings. The second-order valence-corrected chi connectivity index (χ2v) is 6.54. The first-order valence-electron chi connectivity index (χ1n) is 8.86. The average molecular weight is 377 g/mol. The Morgan fingerprint density at radius 2 is 1.70 bits per heavy atom. The molecule has 0 heterocycles. The maximum atomic E-state index is 12.3. The summed E-state index contributed by atoms with van der Waals surface area (Å²) in [5.74, 6) is 0.575. The molecule has 146 valence electrons. The highest BCUT2D eigenvalue weighted by molar-refractivity contribution is 5.76. The highest BCUT2D eigenvalue weighted by Crippen LogP contribution is 2.29. The van der Waals surface area contributed by atoms with Crippen LogP contribution in [0.3, 0.4) is 0 Å². The summed E-state index contributed by atoms with van der Waals surface area (Å²) in [6, 6.07) is 12.9. The third-order valence-electron chi connectivity index (χ3n) is 4.22. The predicted molar refractivity (Wildman–Crippen MR) is 100 cm³/mol. The van der Waals surface area contributed by atoms with Crippen LogP contribution in [0.15, 0.2) is 42.5 Å². The molecule has 0 aliphatic carbocycles. The number of hydrogen-bond donors (Lipinski definition) is 1. The standard InChI is InChI=1S/C21H25F2NO3/c1-14(2)17-8-4-15(5-9-17)7-11-20(25)24-13-16-6-10-18(27-21(22)23)19(12-16)26-3/h4-6,8-10,12,14,21H,7,11,13H2,1-3H3,(H,24,25). The van der Waals surface area contributed by atoms with Gasteiger partial charge in [0.25, 0.3) is 0 Å². The fourth-order valence-electron chi connectivity index (χ4n) is 2.63. The molecular weight excluding hydrogens is 352 g/mol. The first kappa shape index (κ1) is 20.7. The topological polar surface area (TPSA) is 47.6 Å². The highest BCUT2D eigenvalue weighted by Gasteiger charge is 2.11. The number of methoxy groups -OCH3 is 1. The van der Waals surface area contributed by atoms with Gasteiger partial charge in [-0.3, -0.25) is 4.79 Å². The van der Waals surface area contributed by atoms with Crippen LogP contribution in [0.25, 0.3) is 0 Å². The summed E-state index contributed by atoms with van der Waals surface area (Å²) in [6.45, 7) is 1.66. The van der Waals surface area contributed by atoms with Crippen molar-refractivity contribution in [2.45, 2.75) is 45.8 Å². The van der Waals surface area contributed by atoms with Crippen molar-refractivity contribution < 1.29 is 23.0 Å². The number of hydrogen-bond acceptors (Lipinski definition) is 3. The van der Waals surface area contributed by atoms with Gasteiger partial charge in [0.05, 0.1) is 7.11 Å². The smallest absolute Gasteiger partial charge is 0.387 e. The SMILES string of the molecule is COc1cc(CNC(=O)CCc2ccc(C(C)C)cc2)ccc1OC(F)F. The Kier molecular flexibility index (Phi) is 7.58. The maximum Gasteiger partial charge on any atom is 0.387 e. The van der Waals surface area contributed by atoms with Gasteiger partial charge < -0.3 is 14.8 Å². The van der Waals surface area contributed by atoms with Crippen LogP contribution in [0, 0.1) is 0 Å². The fourth-order valence-corrected chi connectivity index (χ4v) is 2.63. The third kappa shape index (κ3) is 6.55. The summed E-state index contributed by atoms with van der Waals surface area (Å²) in [7, 11) is 1.38. The van der Waals surface area contributed by atoms with E-state index in [1.54, 1.807) is 12.1 Å². The second kappa shape index (κ2) is 9.90. The molecule has 0 fully saturated rings. The van der Waals surface area contributed by atoms with Crippen molar-refractivity contribution >= 4 is 5.91 Å². The van der Waals surface area contributed by atoms with E-state index in [-0.39, 0.29) is 24.0 Å². The van der Waals surface area contributed by atoms with Crippen LogP contribution in [0.2, 0.25) is 0 Å². The third-order valence-corrected chi connectivity index (χ3v) is 4.22. The zero-order chi connectivity index (χ0) is 19.8. The number of carbonyl (C=O) groups excluding carboxylic acids is 1. The molecule has 2 rings (SSSR count). The lowest BCUT2D eigenvalue weighted by molar-refractivity contribution is -0.121. The number of nitrogens with one attached hydrogen (secondary N) is 1.